The van der Waals surface area contributed by atoms with Crippen molar-refractivity contribution in [2.24, 2.45) is 5.73 Å². The van der Waals surface area contributed by atoms with Gasteiger partial charge in [-0.3, -0.25) is 9.59 Å². The number of H-pyrrole nitrogens is 1. The molecular formula is C23H26N8O2S2. The zero-order valence-corrected chi connectivity index (χ0v) is 20.9. The van der Waals surface area contributed by atoms with E-state index >= 15 is 0 Å². The molecule has 3 aromatic rings. The van der Waals surface area contributed by atoms with Crippen LogP contribution in [0.4, 0.5) is 0 Å². The van der Waals surface area contributed by atoms with Gasteiger partial charge in [-0.1, -0.05) is 5.21 Å². The Hall–Kier alpha value is -3.14. The van der Waals surface area contributed by atoms with E-state index in [-0.39, 0.29) is 24.5 Å². The Morgan fingerprint density at radius 1 is 1.40 bits per heavy atom. The Bertz CT molecular complexity index is 1280. The molecule has 5 rings (SSSR count). The van der Waals surface area contributed by atoms with Crippen molar-refractivity contribution in [3.8, 4) is 6.07 Å². The number of nitrogens with zero attached hydrogens (tertiary/aromatic N) is 5. The zero-order chi connectivity index (χ0) is 24.6. The number of carbonyl (C=O) groups is 2. The minimum atomic E-state index is -0.737. The number of aromatic amines is 1. The Kier molecular flexibility index (Phi) is 6.39. The number of nitriles is 1. The minimum absolute atomic E-state index is 0.0694. The highest BCUT2D eigenvalue weighted by Gasteiger charge is 2.48. The summed E-state index contributed by atoms with van der Waals surface area (Å²) in [5.74, 6) is 0.0113. The number of tetrazole rings is 1. The van der Waals surface area contributed by atoms with Crippen molar-refractivity contribution in [2.45, 2.75) is 56.5 Å². The second kappa shape index (κ2) is 9.49. The van der Waals surface area contributed by atoms with Crippen LogP contribution in [-0.4, -0.2) is 62.5 Å². The van der Waals surface area contributed by atoms with Gasteiger partial charge < -0.3 is 16.0 Å². The number of thiophene rings is 2. The van der Waals surface area contributed by atoms with Gasteiger partial charge in [-0.15, -0.1) is 32.9 Å². The molecule has 0 aromatic carbocycles. The third-order valence-electron chi connectivity index (χ3n) is 6.90. The van der Waals surface area contributed by atoms with Crippen molar-refractivity contribution in [1.29, 1.82) is 5.26 Å². The zero-order valence-electron chi connectivity index (χ0n) is 19.3. The first-order valence-corrected chi connectivity index (χ1v) is 13.3. The van der Waals surface area contributed by atoms with Gasteiger partial charge in [-0.2, -0.15) is 10.5 Å². The molecule has 0 bridgehead atoms. The third-order valence-corrected chi connectivity index (χ3v) is 9.37. The van der Waals surface area contributed by atoms with Crippen LogP contribution in [0.3, 0.4) is 0 Å². The van der Waals surface area contributed by atoms with Crippen molar-refractivity contribution in [3.63, 3.8) is 0 Å². The summed E-state index contributed by atoms with van der Waals surface area (Å²) in [6.45, 7) is 2.79. The van der Waals surface area contributed by atoms with E-state index in [0.717, 1.165) is 41.0 Å². The molecule has 0 radical (unpaired) electrons. The molecule has 1 aliphatic carbocycles. The van der Waals surface area contributed by atoms with E-state index in [1.54, 1.807) is 16.2 Å². The van der Waals surface area contributed by atoms with Gasteiger partial charge in [0, 0.05) is 22.3 Å². The van der Waals surface area contributed by atoms with Gasteiger partial charge in [-0.25, -0.2) is 0 Å². The topological polar surface area (TPSA) is 154 Å². The quantitative estimate of drug-likeness (QED) is 0.437. The predicted octanol–water partition coefficient (Wildman–Crippen LogP) is 1.74. The van der Waals surface area contributed by atoms with Gasteiger partial charge in [0.05, 0.1) is 17.5 Å². The van der Waals surface area contributed by atoms with Crippen LogP contribution in [0.15, 0.2) is 17.5 Å². The molecular weight excluding hydrogens is 484 g/mol. The standard InChI is InChI=1S/C23H26N8O2S2/c1-13(26-12-18(32)31-7-2-3-16(31)11-24)10-23(22-27-29-30-28-22)19-14(6-8-34-19)4-5-15-9-17(21(25)33)35-20(15)23/h6,8-9,13,16,26H,2-5,7,10,12H2,1H3,(H2,25,33)(H,27,28,29,30)/t13-,16?,23?/m0/s1. The summed E-state index contributed by atoms with van der Waals surface area (Å²) >= 11 is 3.04. The van der Waals surface area contributed by atoms with Crippen LogP contribution in [0.1, 0.15) is 62.6 Å². The summed E-state index contributed by atoms with van der Waals surface area (Å²) < 4.78 is 0. The smallest absolute Gasteiger partial charge is 0.258 e. The SMILES string of the molecule is C[C@@H](CC1(c2nn[nH]n2)c2sccc2CCc2cc(C(N)=O)sc21)NCC(=O)N1CCCC1C#N. The lowest BCUT2D eigenvalue weighted by atomic mass is 9.76. The van der Waals surface area contributed by atoms with Crippen LogP contribution in [-0.2, 0) is 23.1 Å². The number of primary amides is 1. The number of aromatic nitrogens is 4. The van der Waals surface area contributed by atoms with Crippen molar-refractivity contribution in [2.75, 3.05) is 13.1 Å². The average molecular weight is 511 g/mol. The first-order valence-electron chi connectivity index (χ1n) is 11.6. The van der Waals surface area contributed by atoms with E-state index in [1.807, 2.05) is 13.0 Å². The molecule has 12 heteroatoms. The number of aryl methyl sites for hydroxylation is 2. The number of fused-ring (bicyclic) bond motifs is 2. The normalized spacial score (nSPS) is 22.2. The lowest BCUT2D eigenvalue weighted by Crippen LogP contribution is -2.45. The fourth-order valence-electron chi connectivity index (χ4n) is 5.29. The second-order valence-corrected chi connectivity index (χ2v) is 11.1. The number of nitrogens with two attached hydrogens (primary N) is 1. The molecule has 0 saturated carbocycles. The maximum Gasteiger partial charge on any atom is 0.258 e. The predicted molar refractivity (Wildman–Crippen MR) is 131 cm³/mol. The largest absolute Gasteiger partial charge is 0.365 e. The van der Waals surface area contributed by atoms with Crippen LogP contribution in [0.2, 0.25) is 0 Å². The minimum Gasteiger partial charge on any atom is -0.365 e. The van der Waals surface area contributed by atoms with Crippen LogP contribution < -0.4 is 11.1 Å². The molecule has 182 valence electrons. The van der Waals surface area contributed by atoms with Crippen LogP contribution in [0, 0.1) is 11.3 Å². The van der Waals surface area contributed by atoms with Gasteiger partial charge >= 0.3 is 0 Å². The van der Waals surface area contributed by atoms with Crippen LogP contribution >= 0.6 is 22.7 Å². The maximum absolute atomic E-state index is 12.8. The highest BCUT2D eigenvalue weighted by Crippen LogP contribution is 2.51. The van der Waals surface area contributed by atoms with Crippen LogP contribution in [0.5, 0.6) is 0 Å². The Morgan fingerprint density at radius 3 is 2.97 bits per heavy atom. The van der Waals surface area contributed by atoms with Crippen molar-refractivity contribution < 1.29 is 9.59 Å². The van der Waals surface area contributed by atoms with Crippen molar-refractivity contribution in [3.05, 3.63) is 49.1 Å². The number of carbonyl (C=O) groups excluding carboxylic acids is 2. The van der Waals surface area contributed by atoms with E-state index in [9.17, 15) is 14.9 Å². The Morgan fingerprint density at radius 2 is 2.23 bits per heavy atom. The Labute approximate surface area is 210 Å². The lowest BCUT2D eigenvalue weighted by Gasteiger charge is -2.33. The van der Waals surface area contributed by atoms with E-state index in [1.165, 1.54) is 16.9 Å². The number of rotatable bonds is 7. The summed E-state index contributed by atoms with van der Waals surface area (Å²) in [7, 11) is 0. The summed E-state index contributed by atoms with van der Waals surface area (Å²) in [4.78, 5) is 29.2. The monoisotopic (exact) mass is 510 g/mol. The summed E-state index contributed by atoms with van der Waals surface area (Å²) in [5.41, 5.74) is 7.21. The fraction of sp³-hybridized carbons (Fsp3) is 0.478. The first-order chi connectivity index (χ1) is 16.9. The Balaban J connectivity index is 1.50. The summed E-state index contributed by atoms with van der Waals surface area (Å²) in [6.07, 6.45) is 3.76. The molecule has 35 heavy (non-hydrogen) atoms. The molecule has 1 saturated heterocycles. The number of hydrogen-bond donors (Lipinski definition) is 3. The maximum atomic E-state index is 12.8. The molecule has 3 atom stereocenters. The average Bonchev–Trinajstić information content (AvgIpc) is 3.65. The molecule has 3 aromatic heterocycles. The fourth-order valence-corrected chi connectivity index (χ4v) is 7.79. The molecule has 2 unspecified atom stereocenters. The molecule has 10 nitrogen and oxygen atoms in total. The highest BCUT2D eigenvalue weighted by atomic mass is 32.1. The van der Waals surface area contributed by atoms with Gasteiger partial charge in [0.25, 0.3) is 5.91 Å². The number of likely N-dealkylation sites (tertiary alicyclic amines) is 1. The van der Waals surface area contributed by atoms with Gasteiger partial charge in [-0.05, 0) is 67.7 Å². The van der Waals surface area contributed by atoms with Gasteiger partial charge in [0.1, 0.15) is 11.5 Å². The summed E-state index contributed by atoms with van der Waals surface area (Å²) in [6, 6.07) is 5.80. The molecule has 1 aliphatic heterocycles. The molecule has 2 amide bonds. The summed E-state index contributed by atoms with van der Waals surface area (Å²) in [5, 5.41) is 30.1. The molecule has 1 fully saturated rings. The molecule has 4 N–H and O–H groups in total. The number of nitrogens with one attached hydrogen (secondary N) is 2. The second-order valence-electron chi connectivity index (χ2n) is 9.11. The number of hydrogen-bond acceptors (Lipinski definition) is 9. The van der Waals surface area contributed by atoms with Gasteiger partial charge in [0.2, 0.25) is 5.91 Å². The molecule has 4 heterocycles. The molecule has 0 spiro atoms. The highest BCUT2D eigenvalue weighted by molar-refractivity contribution is 7.15. The van der Waals surface area contributed by atoms with Crippen molar-refractivity contribution in [1.82, 2.24) is 30.8 Å². The number of amides is 2. The van der Waals surface area contributed by atoms with E-state index in [4.69, 9.17) is 5.73 Å². The van der Waals surface area contributed by atoms with Gasteiger partial charge in [0.15, 0.2) is 5.82 Å². The van der Waals surface area contributed by atoms with E-state index < -0.39 is 11.3 Å². The van der Waals surface area contributed by atoms with E-state index in [0.29, 0.717) is 23.7 Å². The van der Waals surface area contributed by atoms with Crippen LogP contribution in [0.25, 0.3) is 0 Å². The van der Waals surface area contributed by atoms with Crippen molar-refractivity contribution >= 4 is 34.5 Å². The molecule has 2 aliphatic rings. The third kappa shape index (κ3) is 4.13. The lowest BCUT2D eigenvalue weighted by molar-refractivity contribution is -0.130. The van der Waals surface area contributed by atoms with E-state index in [2.05, 4.69) is 43.5 Å². The first kappa shape index (κ1) is 23.6.